The number of hydrogen-bond donors (Lipinski definition) is 0. The third-order valence-corrected chi connectivity index (χ3v) is 17.8. The lowest BCUT2D eigenvalue weighted by Gasteiger charge is -2.64. The quantitative estimate of drug-likeness (QED) is 0.214. The minimum atomic E-state index is 0.203. The summed E-state index contributed by atoms with van der Waals surface area (Å²) >= 11 is 0. The standard InChI is InChI=1S/C48H73BN2O2/c1-47(2,3)32-20-24-34(25-21-32)50-38-28-31(30-14-8-7-9-15-30)29-39-42(38)49(45-43(50)36-16-10-12-18-40(36)52-45)46-44(37-17-11-13-19-41(37)53-46)51(39)35-26-22-33(23-27-35)48(4,5)6/h10-12,16-18,30-43,45H,7-9,13-15,19-29H2,1-6H3. The second-order valence-electron chi connectivity index (χ2n) is 22.3. The van der Waals surface area contributed by atoms with E-state index >= 15 is 0 Å². The fourth-order valence-corrected chi connectivity index (χ4v) is 15.1. The molecule has 10 atom stereocenters. The average molecular weight is 721 g/mol. The normalized spacial score (nSPS) is 45.7. The summed E-state index contributed by atoms with van der Waals surface area (Å²) in [5.74, 6) is 4.94. The largest absolute Gasteiger partial charge is 0.502 e. The van der Waals surface area contributed by atoms with Gasteiger partial charge in [0.1, 0.15) is 6.10 Å². The lowest BCUT2D eigenvalue weighted by molar-refractivity contribution is -0.0572. The van der Waals surface area contributed by atoms with Crippen molar-refractivity contribution >= 4 is 6.71 Å². The fourth-order valence-electron chi connectivity index (χ4n) is 15.1. The Balaban J connectivity index is 1.10. The van der Waals surface area contributed by atoms with Crippen LogP contribution in [0.15, 0.2) is 47.8 Å². The molecule has 0 bridgehead atoms. The van der Waals surface area contributed by atoms with Gasteiger partial charge < -0.3 is 14.4 Å². The highest BCUT2D eigenvalue weighted by atomic mass is 16.5. The second-order valence-corrected chi connectivity index (χ2v) is 22.3. The molecule has 10 rings (SSSR count). The van der Waals surface area contributed by atoms with Crippen LogP contribution in [0.1, 0.15) is 151 Å². The van der Waals surface area contributed by atoms with E-state index in [4.69, 9.17) is 9.47 Å². The highest BCUT2D eigenvalue weighted by Crippen LogP contribution is 2.62. The highest BCUT2D eigenvalue weighted by molar-refractivity contribution is 6.70. The van der Waals surface area contributed by atoms with Crippen molar-refractivity contribution in [3.05, 3.63) is 47.8 Å². The average Bonchev–Trinajstić information content (AvgIpc) is 3.74. The topological polar surface area (TPSA) is 24.9 Å². The molecule has 6 aliphatic carbocycles. The van der Waals surface area contributed by atoms with Crippen molar-refractivity contribution in [2.45, 2.75) is 205 Å². The number of rotatable bonds is 3. The molecule has 0 aromatic carbocycles. The van der Waals surface area contributed by atoms with Crippen molar-refractivity contribution < 1.29 is 9.47 Å². The van der Waals surface area contributed by atoms with Crippen LogP contribution in [0.2, 0.25) is 5.82 Å². The van der Waals surface area contributed by atoms with Crippen LogP contribution in [0, 0.1) is 46.3 Å². The molecular weight excluding hydrogens is 647 g/mol. The van der Waals surface area contributed by atoms with Crippen molar-refractivity contribution in [3.8, 4) is 0 Å². The van der Waals surface area contributed by atoms with E-state index in [0.29, 0.717) is 71.5 Å². The number of hydrogen-bond acceptors (Lipinski definition) is 4. The molecule has 4 saturated carbocycles. The molecule has 0 aromatic rings. The Labute approximate surface area is 324 Å². The van der Waals surface area contributed by atoms with Gasteiger partial charge in [-0.3, -0.25) is 4.90 Å². The van der Waals surface area contributed by atoms with Gasteiger partial charge >= 0.3 is 0 Å². The van der Waals surface area contributed by atoms with E-state index < -0.39 is 0 Å². The Bertz CT molecular complexity index is 1480. The molecule has 290 valence electrons. The zero-order chi connectivity index (χ0) is 36.2. The third kappa shape index (κ3) is 6.03. The van der Waals surface area contributed by atoms with Crippen molar-refractivity contribution in [1.29, 1.82) is 0 Å². The van der Waals surface area contributed by atoms with Crippen LogP contribution in [0.5, 0.6) is 0 Å². The first-order valence-electron chi connectivity index (χ1n) is 23.2. The van der Waals surface area contributed by atoms with E-state index in [1.54, 1.807) is 5.70 Å². The lowest BCUT2D eigenvalue weighted by Crippen LogP contribution is -2.73. The minimum Gasteiger partial charge on any atom is -0.502 e. The van der Waals surface area contributed by atoms with E-state index in [9.17, 15) is 0 Å². The number of ether oxygens (including phenoxy) is 2. The van der Waals surface area contributed by atoms with E-state index in [-0.39, 0.29) is 12.1 Å². The molecule has 0 spiro atoms. The summed E-state index contributed by atoms with van der Waals surface area (Å²) in [5, 5.41) is 0. The number of fused-ring (bicyclic) bond motifs is 7. The number of allylic oxidation sites excluding steroid dienone is 3. The van der Waals surface area contributed by atoms with Gasteiger partial charge in [-0.25, -0.2) is 0 Å². The van der Waals surface area contributed by atoms with E-state index in [0.717, 1.165) is 30.1 Å². The van der Waals surface area contributed by atoms with Crippen LogP contribution >= 0.6 is 0 Å². The maximum atomic E-state index is 7.51. The Morgan fingerprint density at radius 1 is 0.679 bits per heavy atom. The molecule has 4 heterocycles. The lowest BCUT2D eigenvalue weighted by atomic mass is 9.27. The molecule has 0 aromatic heterocycles. The molecule has 10 unspecified atom stereocenters. The monoisotopic (exact) mass is 721 g/mol. The van der Waals surface area contributed by atoms with Crippen LogP contribution in [0.3, 0.4) is 0 Å². The smallest absolute Gasteiger partial charge is 0.266 e. The van der Waals surface area contributed by atoms with Crippen LogP contribution in [0.4, 0.5) is 0 Å². The predicted octanol–water partition coefficient (Wildman–Crippen LogP) is 11.0. The summed E-state index contributed by atoms with van der Waals surface area (Å²) in [6.45, 7) is 15.4. The first-order chi connectivity index (χ1) is 25.6. The molecule has 2 saturated heterocycles. The van der Waals surface area contributed by atoms with Gasteiger partial charge in [-0.2, -0.15) is 0 Å². The van der Waals surface area contributed by atoms with Gasteiger partial charge in [0.25, 0.3) is 6.71 Å². The summed E-state index contributed by atoms with van der Waals surface area (Å²) in [7, 11) is 0. The van der Waals surface area contributed by atoms with Gasteiger partial charge in [0.15, 0.2) is 0 Å². The van der Waals surface area contributed by atoms with Gasteiger partial charge in [-0.15, -0.1) is 0 Å². The summed E-state index contributed by atoms with van der Waals surface area (Å²) < 4.78 is 15.0. The SMILES string of the molecule is CC(C)(C)C1CCC(N2C3=C(OC4CCC=CC34)B3C4OC5C=CC=CC5C4N(C4CCC(C(C)(C)C)CC4)C4CC(C5CCCCC5)CC2C34)CC1. The van der Waals surface area contributed by atoms with E-state index in [1.165, 1.54) is 108 Å². The maximum Gasteiger partial charge on any atom is 0.266 e. The first-order valence-corrected chi connectivity index (χ1v) is 23.2. The van der Waals surface area contributed by atoms with Gasteiger partial charge in [-0.1, -0.05) is 110 Å². The highest BCUT2D eigenvalue weighted by Gasteiger charge is 2.69. The van der Waals surface area contributed by atoms with Gasteiger partial charge in [0.05, 0.1) is 29.4 Å². The van der Waals surface area contributed by atoms with E-state index in [2.05, 4.69) is 87.8 Å². The molecule has 0 radical (unpaired) electrons. The molecular formula is C48H73BN2O2. The van der Waals surface area contributed by atoms with Crippen molar-refractivity contribution in [3.63, 3.8) is 0 Å². The van der Waals surface area contributed by atoms with Gasteiger partial charge in [0, 0.05) is 36.1 Å². The van der Waals surface area contributed by atoms with Crippen LogP contribution in [0.25, 0.3) is 0 Å². The Morgan fingerprint density at radius 2 is 1.34 bits per heavy atom. The molecule has 4 nitrogen and oxygen atoms in total. The number of nitrogens with zero attached hydrogens (tertiary/aromatic N) is 2. The summed E-state index contributed by atoms with van der Waals surface area (Å²) in [4.78, 5) is 6.46. The summed E-state index contributed by atoms with van der Waals surface area (Å²) in [5.41, 5.74) is 3.89. The van der Waals surface area contributed by atoms with E-state index in [1.807, 2.05) is 0 Å². The van der Waals surface area contributed by atoms with Crippen LogP contribution < -0.4 is 0 Å². The molecule has 53 heavy (non-hydrogen) atoms. The van der Waals surface area contributed by atoms with Crippen molar-refractivity contribution in [2.75, 3.05) is 0 Å². The molecule has 6 fully saturated rings. The Morgan fingerprint density at radius 3 is 2.04 bits per heavy atom. The molecule has 0 N–H and O–H groups in total. The van der Waals surface area contributed by atoms with Gasteiger partial charge in [0.2, 0.25) is 0 Å². The Kier molecular flexibility index (Phi) is 9.21. The van der Waals surface area contributed by atoms with Crippen molar-refractivity contribution in [2.24, 2.45) is 46.3 Å². The van der Waals surface area contributed by atoms with Crippen LogP contribution in [-0.2, 0) is 9.47 Å². The zero-order valence-electron chi connectivity index (χ0n) is 34.4. The van der Waals surface area contributed by atoms with Crippen LogP contribution in [-0.4, -0.2) is 64.9 Å². The third-order valence-electron chi connectivity index (χ3n) is 17.8. The molecule has 10 aliphatic rings. The summed E-state index contributed by atoms with van der Waals surface area (Å²) in [6.07, 6.45) is 38.7. The molecule has 5 heteroatoms. The fraction of sp³-hybridized carbons (Fsp3) is 0.833. The maximum absolute atomic E-state index is 7.51. The zero-order valence-corrected chi connectivity index (χ0v) is 34.4. The van der Waals surface area contributed by atoms with Crippen molar-refractivity contribution in [1.82, 2.24) is 9.80 Å². The second kappa shape index (κ2) is 13.6. The first kappa shape index (κ1) is 35.9. The Hall–Kier alpha value is -1.46. The predicted molar refractivity (Wildman–Crippen MR) is 218 cm³/mol. The minimum absolute atomic E-state index is 0.203. The molecule has 0 amide bonds. The summed E-state index contributed by atoms with van der Waals surface area (Å²) in [6, 6.07) is 3.26. The van der Waals surface area contributed by atoms with Gasteiger partial charge in [-0.05, 0) is 117 Å². The molecule has 4 aliphatic heterocycles.